The summed E-state index contributed by atoms with van der Waals surface area (Å²) in [4.78, 5) is 29.5. The fourth-order valence-corrected chi connectivity index (χ4v) is 6.15. The van der Waals surface area contributed by atoms with E-state index in [9.17, 15) is 9.18 Å². The average Bonchev–Trinajstić information content (AvgIpc) is 3.47. The molecule has 3 atom stereocenters. The quantitative estimate of drug-likeness (QED) is 0.618. The van der Waals surface area contributed by atoms with Crippen molar-refractivity contribution in [3.8, 4) is 0 Å². The molecular formula is C26H33ClFN5O. The van der Waals surface area contributed by atoms with Crippen molar-refractivity contribution in [1.29, 1.82) is 0 Å². The first kappa shape index (κ1) is 23.5. The monoisotopic (exact) mass is 485 g/mol. The molecule has 3 heterocycles. The smallest absolute Gasteiger partial charge is 0.231 e. The molecule has 2 fully saturated rings. The van der Waals surface area contributed by atoms with Gasteiger partial charge in [0.15, 0.2) is 0 Å². The highest BCUT2D eigenvalue weighted by Crippen LogP contribution is 2.38. The fraction of sp³-hybridized carbons (Fsp3) is 0.577. The minimum Gasteiger partial charge on any atom is -0.353 e. The van der Waals surface area contributed by atoms with Gasteiger partial charge in [-0.1, -0.05) is 30.7 Å². The molecule has 1 aromatic heterocycles. The van der Waals surface area contributed by atoms with Crippen LogP contribution in [0.25, 0.3) is 0 Å². The Morgan fingerprint density at radius 2 is 1.88 bits per heavy atom. The van der Waals surface area contributed by atoms with Crippen molar-refractivity contribution in [3.63, 3.8) is 0 Å². The molecule has 1 unspecified atom stereocenters. The Labute approximate surface area is 206 Å². The summed E-state index contributed by atoms with van der Waals surface area (Å²) in [5.74, 6) is 1.35. The number of hydrogen-bond donors (Lipinski definition) is 0. The highest BCUT2D eigenvalue weighted by atomic mass is 35.5. The molecule has 1 amide bonds. The van der Waals surface area contributed by atoms with E-state index >= 15 is 0 Å². The van der Waals surface area contributed by atoms with E-state index in [1.54, 1.807) is 6.33 Å². The van der Waals surface area contributed by atoms with Crippen LogP contribution in [0.1, 0.15) is 54.8 Å². The van der Waals surface area contributed by atoms with Crippen LogP contribution in [0.4, 0.5) is 10.2 Å². The lowest BCUT2D eigenvalue weighted by atomic mass is 9.88. The molecule has 8 heteroatoms. The van der Waals surface area contributed by atoms with E-state index in [1.807, 2.05) is 29.2 Å². The molecule has 5 rings (SSSR count). The molecule has 1 aliphatic carbocycles. The molecule has 2 aliphatic heterocycles. The molecular weight excluding hydrogens is 453 g/mol. The van der Waals surface area contributed by atoms with Gasteiger partial charge in [-0.3, -0.25) is 9.69 Å². The van der Waals surface area contributed by atoms with Crippen molar-refractivity contribution in [1.82, 2.24) is 19.8 Å². The van der Waals surface area contributed by atoms with Gasteiger partial charge in [-0.05, 0) is 55.8 Å². The largest absolute Gasteiger partial charge is 0.353 e. The standard InChI is InChI=1S/C26H33ClFN5O/c1-18-4-9-21-23(18)25(30-17-29-21)32-13-15-33(16-14-32)26(34)24(19-5-7-20(27)8-6-19)22-3-2-11-31(22)12-10-28/h5-8,17-18,22,24H,2-4,9-16H2,1H3/t18-,22?,24+/m1/s1. The van der Waals surface area contributed by atoms with Crippen LogP contribution in [0.15, 0.2) is 30.6 Å². The maximum absolute atomic E-state index is 13.9. The second-order valence-electron chi connectivity index (χ2n) is 9.77. The average molecular weight is 486 g/mol. The fourth-order valence-electron chi connectivity index (χ4n) is 6.03. The Morgan fingerprint density at radius 3 is 2.62 bits per heavy atom. The van der Waals surface area contributed by atoms with E-state index in [1.165, 1.54) is 11.3 Å². The van der Waals surface area contributed by atoms with E-state index in [0.29, 0.717) is 30.6 Å². The SMILES string of the molecule is C[C@@H]1CCc2ncnc(N3CCN(C(=O)[C@@H](c4ccc(Cl)cc4)C4CCCN4CCF)CC3)c21. The Kier molecular flexibility index (Phi) is 7.02. The maximum Gasteiger partial charge on any atom is 0.231 e. The van der Waals surface area contributed by atoms with Gasteiger partial charge in [0.1, 0.15) is 18.8 Å². The van der Waals surface area contributed by atoms with Gasteiger partial charge in [-0.2, -0.15) is 0 Å². The molecule has 34 heavy (non-hydrogen) atoms. The molecule has 6 nitrogen and oxygen atoms in total. The summed E-state index contributed by atoms with van der Waals surface area (Å²) in [6, 6.07) is 7.63. The molecule has 0 N–H and O–H groups in total. The molecule has 0 radical (unpaired) electrons. The first-order chi connectivity index (χ1) is 16.6. The van der Waals surface area contributed by atoms with Gasteiger partial charge in [-0.15, -0.1) is 0 Å². The number of hydrogen-bond acceptors (Lipinski definition) is 5. The third-order valence-electron chi connectivity index (χ3n) is 7.81. The number of aryl methyl sites for hydroxylation is 1. The van der Waals surface area contributed by atoms with Crippen LogP contribution in [0.2, 0.25) is 5.02 Å². The summed E-state index contributed by atoms with van der Waals surface area (Å²) in [5.41, 5.74) is 3.43. The molecule has 182 valence electrons. The number of anilines is 1. The molecule has 1 aromatic carbocycles. The van der Waals surface area contributed by atoms with Crippen molar-refractivity contribution in [2.75, 3.05) is 50.8 Å². The number of benzene rings is 1. The zero-order valence-corrected chi connectivity index (χ0v) is 20.6. The highest BCUT2D eigenvalue weighted by molar-refractivity contribution is 6.30. The van der Waals surface area contributed by atoms with Crippen LogP contribution >= 0.6 is 11.6 Å². The van der Waals surface area contributed by atoms with Crippen LogP contribution in [0, 0.1) is 0 Å². The minimum absolute atomic E-state index is 0.0217. The number of rotatable bonds is 6. The van der Waals surface area contributed by atoms with E-state index in [0.717, 1.165) is 56.7 Å². The molecule has 0 saturated carbocycles. The summed E-state index contributed by atoms with van der Waals surface area (Å²) in [6.45, 7) is 5.92. The topological polar surface area (TPSA) is 52.6 Å². The molecule has 2 saturated heterocycles. The number of carbonyl (C=O) groups is 1. The number of nitrogens with zero attached hydrogens (tertiary/aromatic N) is 5. The lowest BCUT2D eigenvalue weighted by Crippen LogP contribution is -2.52. The first-order valence-electron chi connectivity index (χ1n) is 12.5. The third-order valence-corrected chi connectivity index (χ3v) is 8.06. The van der Waals surface area contributed by atoms with E-state index in [2.05, 4.69) is 26.7 Å². The third kappa shape index (κ3) is 4.52. The lowest BCUT2D eigenvalue weighted by molar-refractivity contribution is -0.134. The Morgan fingerprint density at radius 1 is 1.12 bits per heavy atom. The van der Waals surface area contributed by atoms with Gasteiger partial charge in [0.25, 0.3) is 0 Å². The number of aromatic nitrogens is 2. The Balaban J connectivity index is 1.34. The summed E-state index contributed by atoms with van der Waals surface area (Å²) in [7, 11) is 0. The number of alkyl halides is 1. The summed E-state index contributed by atoms with van der Waals surface area (Å²) < 4.78 is 13.2. The van der Waals surface area contributed by atoms with Gasteiger partial charge < -0.3 is 9.80 Å². The predicted octanol–water partition coefficient (Wildman–Crippen LogP) is 4.05. The normalized spacial score (nSPS) is 23.9. The van der Waals surface area contributed by atoms with Crippen molar-refractivity contribution < 1.29 is 9.18 Å². The maximum atomic E-state index is 13.9. The second-order valence-corrected chi connectivity index (χ2v) is 10.2. The Hall–Kier alpha value is -2.25. The number of likely N-dealkylation sites (tertiary alicyclic amines) is 1. The first-order valence-corrected chi connectivity index (χ1v) is 12.9. The van der Waals surface area contributed by atoms with Crippen molar-refractivity contribution >= 4 is 23.3 Å². The summed E-state index contributed by atoms with van der Waals surface area (Å²) in [5, 5.41) is 0.655. The summed E-state index contributed by atoms with van der Waals surface area (Å²) >= 11 is 6.14. The van der Waals surface area contributed by atoms with Gasteiger partial charge >= 0.3 is 0 Å². The van der Waals surface area contributed by atoms with Gasteiger partial charge in [-0.25, -0.2) is 14.4 Å². The van der Waals surface area contributed by atoms with E-state index < -0.39 is 6.67 Å². The van der Waals surface area contributed by atoms with Gasteiger partial charge in [0.2, 0.25) is 5.91 Å². The number of halogens is 2. The van der Waals surface area contributed by atoms with Crippen molar-refractivity contribution in [2.45, 2.75) is 50.5 Å². The van der Waals surface area contributed by atoms with Crippen LogP contribution in [0.3, 0.4) is 0 Å². The predicted molar refractivity (Wildman–Crippen MR) is 132 cm³/mol. The van der Waals surface area contributed by atoms with Crippen molar-refractivity contribution in [2.24, 2.45) is 0 Å². The Bertz CT molecular complexity index is 1010. The minimum atomic E-state index is -0.390. The van der Waals surface area contributed by atoms with Crippen molar-refractivity contribution in [3.05, 3.63) is 52.4 Å². The van der Waals surface area contributed by atoms with Crippen LogP contribution in [-0.4, -0.2) is 77.7 Å². The molecule has 2 aromatic rings. The van der Waals surface area contributed by atoms with Crippen LogP contribution in [0.5, 0.6) is 0 Å². The van der Waals surface area contributed by atoms with Crippen LogP contribution < -0.4 is 4.90 Å². The number of fused-ring (bicyclic) bond motifs is 1. The zero-order chi connectivity index (χ0) is 23.7. The van der Waals surface area contributed by atoms with E-state index in [-0.39, 0.29) is 17.9 Å². The summed E-state index contributed by atoms with van der Waals surface area (Å²) in [6.07, 6.45) is 5.72. The zero-order valence-electron chi connectivity index (χ0n) is 19.8. The molecule has 3 aliphatic rings. The van der Waals surface area contributed by atoms with E-state index in [4.69, 9.17) is 11.6 Å². The second kappa shape index (κ2) is 10.2. The molecule has 0 bridgehead atoms. The molecule has 0 spiro atoms. The number of carbonyl (C=O) groups excluding carboxylic acids is 1. The lowest BCUT2D eigenvalue weighted by Gasteiger charge is -2.40. The van der Waals surface area contributed by atoms with Gasteiger partial charge in [0.05, 0.1) is 5.92 Å². The number of amides is 1. The van der Waals surface area contributed by atoms with Crippen LogP contribution in [-0.2, 0) is 11.2 Å². The van der Waals surface area contributed by atoms with Gasteiger partial charge in [0, 0.05) is 55.0 Å². The number of piperazine rings is 1. The highest BCUT2D eigenvalue weighted by Gasteiger charge is 2.40.